The molecule has 0 fully saturated rings. The zero-order valence-electron chi connectivity index (χ0n) is 12.2. The topological polar surface area (TPSA) is 104 Å². The number of benzene rings is 1. The number of rotatable bonds is 5. The Morgan fingerprint density at radius 2 is 1.79 bits per heavy atom. The van der Waals surface area contributed by atoms with Crippen LogP contribution in [0.2, 0.25) is 0 Å². The minimum absolute atomic E-state index is 0.0796. The van der Waals surface area contributed by atoms with E-state index in [2.05, 4.69) is 20.6 Å². The van der Waals surface area contributed by atoms with Gasteiger partial charge in [0.1, 0.15) is 0 Å². The molecule has 0 saturated carbocycles. The summed E-state index contributed by atoms with van der Waals surface area (Å²) in [6.45, 7) is 0.462. The first-order valence-corrected chi connectivity index (χ1v) is 8.04. The monoisotopic (exact) mass is 390 g/mol. The van der Waals surface area contributed by atoms with Crippen LogP contribution in [0.4, 0.5) is 0 Å². The fraction of sp³-hybridized carbons (Fsp3) is 0.286. The summed E-state index contributed by atoms with van der Waals surface area (Å²) in [7, 11) is 0. The van der Waals surface area contributed by atoms with E-state index in [1.165, 1.54) is 0 Å². The molecule has 7 nitrogen and oxygen atoms in total. The van der Waals surface area contributed by atoms with Crippen molar-refractivity contribution >= 4 is 57.5 Å². The first kappa shape index (κ1) is 18.5. The Morgan fingerprint density at radius 1 is 1.12 bits per heavy atom. The summed E-state index contributed by atoms with van der Waals surface area (Å²) in [4.78, 5) is 41.7. The molecule has 128 valence electrons. The number of carbonyl (C=O) groups excluding carboxylic acids is 2. The lowest BCUT2D eigenvalue weighted by Gasteiger charge is -2.11. The van der Waals surface area contributed by atoms with Crippen LogP contribution in [0.15, 0.2) is 29.1 Å². The maximum Gasteiger partial charge on any atom is 0.287 e. The molecule has 10 heteroatoms. The molecule has 2 rings (SSSR count). The van der Waals surface area contributed by atoms with Crippen molar-refractivity contribution in [2.45, 2.75) is 10.2 Å². The van der Waals surface area contributed by atoms with Crippen LogP contribution in [0.1, 0.15) is 17.0 Å². The molecule has 0 bridgehead atoms. The van der Waals surface area contributed by atoms with Crippen LogP contribution >= 0.6 is 34.8 Å². The van der Waals surface area contributed by atoms with Gasteiger partial charge < -0.3 is 15.6 Å². The van der Waals surface area contributed by atoms with Crippen LogP contribution in [0.3, 0.4) is 0 Å². The summed E-state index contributed by atoms with van der Waals surface area (Å²) in [6.07, 6.45) is 0.413. The van der Waals surface area contributed by atoms with E-state index < -0.39 is 15.6 Å². The van der Waals surface area contributed by atoms with Crippen molar-refractivity contribution in [3.63, 3.8) is 0 Å². The number of alkyl halides is 3. The second-order valence-electron chi connectivity index (χ2n) is 4.79. The standard InChI is InChI=1S/C14H13Cl3N4O3/c15-14(16,17)13(24)19-7-3-6-18-12(23)10-20-9-5-2-1-4-8(9)11(22)21-10/h1-2,4-5H,3,6-7H2,(H,18,23)(H,19,24)(H,20,21,22). The summed E-state index contributed by atoms with van der Waals surface area (Å²) in [5, 5.41) is 5.40. The van der Waals surface area contributed by atoms with Crippen LogP contribution in [0.5, 0.6) is 0 Å². The molecular formula is C14H13Cl3N4O3. The number of hydrogen-bond acceptors (Lipinski definition) is 4. The van der Waals surface area contributed by atoms with Crippen molar-refractivity contribution in [1.29, 1.82) is 0 Å². The second kappa shape index (κ2) is 7.83. The number of aromatic nitrogens is 2. The molecule has 0 aliphatic carbocycles. The molecule has 1 aromatic carbocycles. The summed E-state index contributed by atoms with van der Waals surface area (Å²) in [5.74, 6) is -1.34. The molecule has 3 N–H and O–H groups in total. The third kappa shape index (κ3) is 4.83. The molecule has 2 amide bonds. The lowest BCUT2D eigenvalue weighted by atomic mass is 10.2. The minimum atomic E-state index is -2.02. The van der Waals surface area contributed by atoms with Crippen LogP contribution in [-0.2, 0) is 4.79 Å². The number of carbonyl (C=O) groups is 2. The Hall–Kier alpha value is -1.83. The lowest BCUT2D eigenvalue weighted by molar-refractivity contribution is -0.120. The van der Waals surface area contributed by atoms with Crippen LogP contribution in [0.25, 0.3) is 10.9 Å². The predicted octanol–water partition coefficient (Wildman–Crippen LogP) is 1.53. The van der Waals surface area contributed by atoms with Gasteiger partial charge in [0.2, 0.25) is 0 Å². The molecule has 0 spiro atoms. The van der Waals surface area contributed by atoms with Crippen molar-refractivity contribution < 1.29 is 9.59 Å². The smallest absolute Gasteiger partial charge is 0.287 e. The first-order valence-electron chi connectivity index (χ1n) is 6.91. The highest BCUT2D eigenvalue weighted by atomic mass is 35.6. The Balaban J connectivity index is 1.87. The van der Waals surface area contributed by atoms with E-state index >= 15 is 0 Å². The number of H-pyrrole nitrogens is 1. The third-order valence-electron chi connectivity index (χ3n) is 3.01. The molecular weight excluding hydrogens is 379 g/mol. The Kier molecular flexibility index (Phi) is 6.04. The Labute approximate surface area is 151 Å². The SMILES string of the molecule is O=C(NCCCNC(=O)C(Cl)(Cl)Cl)c1nc2ccccc2c(=O)[nH]1. The Morgan fingerprint density at radius 3 is 2.50 bits per heavy atom. The number of para-hydroxylation sites is 1. The summed E-state index contributed by atoms with van der Waals surface area (Å²) in [6, 6.07) is 6.71. The van der Waals surface area contributed by atoms with Gasteiger partial charge in [-0.2, -0.15) is 0 Å². The van der Waals surface area contributed by atoms with E-state index in [4.69, 9.17) is 34.8 Å². The molecule has 0 radical (unpaired) electrons. The molecule has 0 unspecified atom stereocenters. The number of nitrogens with one attached hydrogen (secondary N) is 3. The fourth-order valence-corrected chi connectivity index (χ4v) is 2.07. The molecule has 2 aromatic rings. The van der Waals surface area contributed by atoms with Crippen molar-refractivity contribution in [2.75, 3.05) is 13.1 Å². The quantitative estimate of drug-likeness (QED) is 0.531. The van der Waals surface area contributed by atoms with Gasteiger partial charge in [-0.25, -0.2) is 4.98 Å². The minimum Gasteiger partial charge on any atom is -0.352 e. The van der Waals surface area contributed by atoms with Gasteiger partial charge >= 0.3 is 0 Å². The highest BCUT2D eigenvalue weighted by Crippen LogP contribution is 2.25. The number of halogens is 3. The van der Waals surface area contributed by atoms with Crippen molar-refractivity contribution in [2.24, 2.45) is 0 Å². The van der Waals surface area contributed by atoms with Crippen molar-refractivity contribution in [1.82, 2.24) is 20.6 Å². The highest BCUT2D eigenvalue weighted by molar-refractivity contribution is 6.76. The number of aromatic amines is 1. The van der Waals surface area contributed by atoms with Gasteiger partial charge in [0, 0.05) is 13.1 Å². The van der Waals surface area contributed by atoms with E-state index in [0.717, 1.165) is 0 Å². The van der Waals surface area contributed by atoms with Crippen LogP contribution < -0.4 is 16.2 Å². The normalized spacial score (nSPS) is 11.3. The van der Waals surface area contributed by atoms with Gasteiger partial charge in [-0.15, -0.1) is 0 Å². The molecule has 0 atom stereocenters. The third-order valence-corrected chi connectivity index (χ3v) is 3.52. The number of nitrogens with zero attached hydrogens (tertiary/aromatic N) is 1. The Bertz CT molecular complexity index is 817. The maximum absolute atomic E-state index is 12.0. The molecule has 0 aliphatic heterocycles. The van der Waals surface area contributed by atoms with Crippen LogP contribution in [0, 0.1) is 0 Å². The zero-order chi connectivity index (χ0) is 17.7. The van der Waals surface area contributed by atoms with Gasteiger partial charge in [-0.1, -0.05) is 46.9 Å². The van der Waals surface area contributed by atoms with Crippen LogP contribution in [-0.4, -0.2) is 38.7 Å². The number of fused-ring (bicyclic) bond motifs is 1. The molecule has 0 aliphatic rings. The van der Waals surface area contributed by atoms with Gasteiger partial charge in [0.15, 0.2) is 5.82 Å². The van der Waals surface area contributed by atoms with E-state index in [0.29, 0.717) is 17.3 Å². The summed E-state index contributed by atoms with van der Waals surface area (Å²) in [5.41, 5.74) is 0.0435. The number of amides is 2. The first-order chi connectivity index (χ1) is 11.3. The van der Waals surface area contributed by atoms with Crippen molar-refractivity contribution in [3.8, 4) is 0 Å². The molecule has 24 heavy (non-hydrogen) atoms. The van der Waals surface area contributed by atoms with Crippen molar-refractivity contribution in [3.05, 3.63) is 40.4 Å². The highest BCUT2D eigenvalue weighted by Gasteiger charge is 2.29. The van der Waals surface area contributed by atoms with E-state index in [-0.39, 0.29) is 24.5 Å². The molecule has 0 saturated heterocycles. The summed E-state index contributed by atoms with van der Waals surface area (Å²) < 4.78 is -2.02. The number of hydrogen-bond donors (Lipinski definition) is 3. The summed E-state index contributed by atoms with van der Waals surface area (Å²) >= 11 is 16.2. The zero-order valence-corrected chi connectivity index (χ0v) is 14.5. The van der Waals surface area contributed by atoms with E-state index in [1.807, 2.05) is 0 Å². The molecule has 1 aromatic heterocycles. The average molecular weight is 392 g/mol. The fourth-order valence-electron chi connectivity index (χ4n) is 1.87. The average Bonchev–Trinajstić information content (AvgIpc) is 2.53. The molecule has 1 heterocycles. The van der Waals surface area contributed by atoms with Gasteiger partial charge in [0.25, 0.3) is 21.2 Å². The predicted molar refractivity (Wildman–Crippen MR) is 92.6 cm³/mol. The maximum atomic E-state index is 12.0. The van der Waals surface area contributed by atoms with Gasteiger partial charge in [0.05, 0.1) is 10.9 Å². The van der Waals surface area contributed by atoms with Gasteiger partial charge in [-0.05, 0) is 18.6 Å². The van der Waals surface area contributed by atoms with E-state index in [1.54, 1.807) is 24.3 Å². The van der Waals surface area contributed by atoms with E-state index in [9.17, 15) is 14.4 Å². The largest absolute Gasteiger partial charge is 0.352 e. The van der Waals surface area contributed by atoms with Gasteiger partial charge in [-0.3, -0.25) is 14.4 Å². The lowest BCUT2D eigenvalue weighted by Crippen LogP contribution is -2.36. The second-order valence-corrected chi connectivity index (χ2v) is 7.08.